The number of rotatable bonds is 7. The quantitative estimate of drug-likeness (QED) is 0.554. The molecule has 0 unspecified atom stereocenters. The molecule has 1 aliphatic carbocycles. The number of carbonyl (C=O) groups excluding carboxylic acids is 1. The monoisotopic (exact) mass is 374 g/mol. The molecule has 5 heteroatoms. The molecular weight excluding hydrogens is 348 g/mol. The molecule has 1 aromatic heterocycles. The first-order chi connectivity index (χ1) is 12.1. The Labute approximate surface area is 158 Å². The smallest absolute Gasteiger partial charge is 0.251 e. The van der Waals surface area contributed by atoms with Gasteiger partial charge in [-0.15, -0.1) is 23.1 Å². The third-order valence-corrected chi connectivity index (χ3v) is 6.46. The van der Waals surface area contributed by atoms with Crippen LogP contribution in [0.25, 0.3) is 0 Å². The van der Waals surface area contributed by atoms with Crippen molar-refractivity contribution in [3.05, 3.63) is 45.4 Å². The van der Waals surface area contributed by atoms with Gasteiger partial charge in [0.25, 0.3) is 5.91 Å². The van der Waals surface area contributed by atoms with Crippen LogP contribution in [0, 0.1) is 0 Å². The van der Waals surface area contributed by atoms with E-state index in [0.717, 1.165) is 24.8 Å². The molecular formula is C20H26N2OS2. The van der Waals surface area contributed by atoms with E-state index in [1.807, 2.05) is 47.4 Å². The van der Waals surface area contributed by atoms with Crippen LogP contribution in [0.3, 0.4) is 0 Å². The van der Waals surface area contributed by atoms with E-state index >= 15 is 0 Å². The summed E-state index contributed by atoms with van der Waals surface area (Å²) in [5.41, 5.74) is 2.06. The summed E-state index contributed by atoms with van der Waals surface area (Å²) in [4.78, 5) is 19.7. The maximum Gasteiger partial charge on any atom is 0.251 e. The Hall–Kier alpha value is -1.33. The van der Waals surface area contributed by atoms with Crippen molar-refractivity contribution in [2.45, 2.75) is 62.5 Å². The third kappa shape index (κ3) is 5.32. The number of thiazole rings is 1. The van der Waals surface area contributed by atoms with E-state index < -0.39 is 0 Å². The molecule has 0 fully saturated rings. The Kier molecular flexibility index (Phi) is 6.54. The number of hydrogen-bond donors (Lipinski definition) is 1. The summed E-state index contributed by atoms with van der Waals surface area (Å²) < 4.78 is 0. The molecule has 0 saturated carbocycles. The van der Waals surface area contributed by atoms with Crippen molar-refractivity contribution in [3.63, 3.8) is 0 Å². The molecule has 0 bridgehead atoms. The van der Waals surface area contributed by atoms with Gasteiger partial charge in [0.2, 0.25) is 0 Å². The SMILES string of the molecule is CC(C)Sc1ccc(C(=O)NCCCc2nc3c(s2)CCCC3)cc1. The zero-order valence-electron chi connectivity index (χ0n) is 15.0. The van der Waals surface area contributed by atoms with Crippen LogP contribution in [-0.4, -0.2) is 22.7 Å². The second kappa shape index (κ2) is 8.86. The van der Waals surface area contributed by atoms with E-state index in [1.54, 1.807) is 0 Å². The number of hydrogen-bond acceptors (Lipinski definition) is 4. The van der Waals surface area contributed by atoms with Crippen molar-refractivity contribution < 1.29 is 4.79 Å². The van der Waals surface area contributed by atoms with Gasteiger partial charge in [-0.2, -0.15) is 0 Å². The number of aromatic nitrogens is 1. The van der Waals surface area contributed by atoms with Gasteiger partial charge in [0.1, 0.15) is 0 Å². The fourth-order valence-corrected chi connectivity index (χ4v) is 5.05. The second-order valence-electron chi connectivity index (χ2n) is 6.74. The Morgan fingerprint density at radius 2 is 2.00 bits per heavy atom. The van der Waals surface area contributed by atoms with E-state index in [2.05, 4.69) is 19.2 Å². The van der Waals surface area contributed by atoms with Crippen molar-refractivity contribution in [1.82, 2.24) is 10.3 Å². The van der Waals surface area contributed by atoms with Crippen LogP contribution < -0.4 is 5.32 Å². The molecule has 1 N–H and O–H groups in total. The van der Waals surface area contributed by atoms with E-state index in [-0.39, 0.29) is 5.91 Å². The van der Waals surface area contributed by atoms with Gasteiger partial charge in [0.15, 0.2) is 0 Å². The number of carbonyl (C=O) groups is 1. The number of fused-ring (bicyclic) bond motifs is 1. The molecule has 0 radical (unpaired) electrons. The van der Waals surface area contributed by atoms with E-state index in [1.165, 1.54) is 39.7 Å². The summed E-state index contributed by atoms with van der Waals surface area (Å²) in [6.45, 7) is 5.04. The first kappa shape index (κ1) is 18.5. The van der Waals surface area contributed by atoms with Gasteiger partial charge in [-0.05, 0) is 56.4 Å². The fourth-order valence-electron chi connectivity index (χ4n) is 3.01. The minimum Gasteiger partial charge on any atom is -0.352 e. The van der Waals surface area contributed by atoms with Crippen molar-refractivity contribution in [2.24, 2.45) is 0 Å². The average molecular weight is 375 g/mol. The summed E-state index contributed by atoms with van der Waals surface area (Å²) in [6.07, 6.45) is 6.84. The average Bonchev–Trinajstić information content (AvgIpc) is 3.01. The molecule has 1 amide bonds. The molecule has 0 spiro atoms. The lowest BCUT2D eigenvalue weighted by molar-refractivity contribution is 0.0953. The van der Waals surface area contributed by atoms with Gasteiger partial charge < -0.3 is 5.32 Å². The largest absolute Gasteiger partial charge is 0.352 e. The molecule has 0 atom stereocenters. The standard InChI is InChI=1S/C20H26N2OS2/c1-14(2)24-16-11-9-15(10-12-16)20(23)21-13-5-8-19-22-17-6-3-4-7-18(17)25-19/h9-12,14H,3-8,13H2,1-2H3,(H,21,23). The predicted molar refractivity (Wildman–Crippen MR) is 107 cm³/mol. The Bertz CT molecular complexity index is 683. The molecule has 3 nitrogen and oxygen atoms in total. The Morgan fingerprint density at radius 1 is 1.24 bits per heavy atom. The first-order valence-electron chi connectivity index (χ1n) is 9.14. The van der Waals surface area contributed by atoms with Crippen molar-refractivity contribution in [3.8, 4) is 0 Å². The highest BCUT2D eigenvalue weighted by Crippen LogP contribution is 2.27. The second-order valence-corrected chi connectivity index (χ2v) is 9.55. The lowest BCUT2D eigenvalue weighted by Gasteiger charge is -2.07. The summed E-state index contributed by atoms with van der Waals surface area (Å²) in [6, 6.07) is 7.88. The minimum absolute atomic E-state index is 0.0135. The molecule has 134 valence electrons. The highest BCUT2D eigenvalue weighted by molar-refractivity contribution is 7.99. The zero-order chi connectivity index (χ0) is 17.6. The molecule has 0 aliphatic heterocycles. The number of nitrogens with zero attached hydrogens (tertiary/aromatic N) is 1. The van der Waals surface area contributed by atoms with Crippen LogP contribution in [0.15, 0.2) is 29.2 Å². The van der Waals surface area contributed by atoms with Crippen LogP contribution in [-0.2, 0) is 19.3 Å². The number of benzene rings is 1. The highest BCUT2D eigenvalue weighted by Gasteiger charge is 2.14. The molecule has 2 aromatic rings. The first-order valence-corrected chi connectivity index (χ1v) is 10.8. The molecule has 1 heterocycles. The molecule has 25 heavy (non-hydrogen) atoms. The maximum atomic E-state index is 12.2. The number of nitrogens with one attached hydrogen (secondary N) is 1. The van der Waals surface area contributed by atoms with Crippen molar-refractivity contribution in [1.29, 1.82) is 0 Å². The maximum absolute atomic E-state index is 12.2. The lowest BCUT2D eigenvalue weighted by atomic mass is 10.0. The number of aryl methyl sites for hydroxylation is 3. The number of amides is 1. The molecule has 3 rings (SSSR count). The van der Waals surface area contributed by atoms with Gasteiger partial charge in [-0.25, -0.2) is 4.98 Å². The normalized spacial score (nSPS) is 13.7. The zero-order valence-corrected chi connectivity index (χ0v) is 16.6. The van der Waals surface area contributed by atoms with E-state index in [4.69, 9.17) is 4.98 Å². The molecule has 1 aliphatic rings. The van der Waals surface area contributed by atoms with Crippen molar-refractivity contribution in [2.75, 3.05) is 6.54 Å². The number of thioether (sulfide) groups is 1. The summed E-state index contributed by atoms with van der Waals surface area (Å²) in [5.74, 6) is 0.0135. The minimum atomic E-state index is 0.0135. The van der Waals surface area contributed by atoms with Crippen LogP contribution >= 0.6 is 23.1 Å². The summed E-state index contributed by atoms with van der Waals surface area (Å²) >= 11 is 3.68. The third-order valence-electron chi connectivity index (χ3n) is 4.23. The van der Waals surface area contributed by atoms with Crippen LogP contribution in [0.1, 0.15) is 59.0 Å². The summed E-state index contributed by atoms with van der Waals surface area (Å²) in [7, 11) is 0. The van der Waals surface area contributed by atoms with Crippen LogP contribution in [0.2, 0.25) is 0 Å². The van der Waals surface area contributed by atoms with Gasteiger partial charge in [-0.3, -0.25) is 4.79 Å². The van der Waals surface area contributed by atoms with Gasteiger partial charge in [-0.1, -0.05) is 13.8 Å². The van der Waals surface area contributed by atoms with E-state index in [9.17, 15) is 4.79 Å². The van der Waals surface area contributed by atoms with Crippen LogP contribution in [0.5, 0.6) is 0 Å². The summed E-state index contributed by atoms with van der Waals surface area (Å²) in [5, 5.41) is 4.81. The van der Waals surface area contributed by atoms with Gasteiger partial charge in [0.05, 0.1) is 10.7 Å². The fraction of sp³-hybridized carbons (Fsp3) is 0.500. The van der Waals surface area contributed by atoms with Crippen molar-refractivity contribution >= 4 is 29.0 Å². The van der Waals surface area contributed by atoms with Gasteiger partial charge >= 0.3 is 0 Å². The molecule has 0 saturated heterocycles. The lowest BCUT2D eigenvalue weighted by Crippen LogP contribution is -2.24. The topological polar surface area (TPSA) is 42.0 Å². The molecule has 1 aromatic carbocycles. The van der Waals surface area contributed by atoms with Gasteiger partial charge in [0, 0.05) is 33.6 Å². The Balaban J connectivity index is 1.42. The Morgan fingerprint density at radius 3 is 2.72 bits per heavy atom. The highest BCUT2D eigenvalue weighted by atomic mass is 32.2. The van der Waals surface area contributed by atoms with Crippen LogP contribution in [0.4, 0.5) is 0 Å². The predicted octanol–water partition coefficient (Wildman–Crippen LogP) is 4.89. The van der Waals surface area contributed by atoms with E-state index in [0.29, 0.717) is 11.8 Å².